The van der Waals surface area contributed by atoms with Gasteiger partial charge in [-0.05, 0) is 56.4 Å². The van der Waals surface area contributed by atoms with Crippen molar-refractivity contribution in [1.82, 2.24) is 15.5 Å². The van der Waals surface area contributed by atoms with Crippen molar-refractivity contribution in [2.24, 2.45) is 5.92 Å². The molecule has 2 fully saturated rings. The topological polar surface area (TPSA) is 90.5 Å². The van der Waals surface area contributed by atoms with E-state index in [0.717, 1.165) is 50.9 Å². The van der Waals surface area contributed by atoms with Crippen LogP contribution in [0.2, 0.25) is 0 Å². The van der Waals surface area contributed by atoms with Gasteiger partial charge in [-0.1, -0.05) is 6.92 Å². The number of rotatable bonds is 8. The molecule has 1 aliphatic carbocycles. The Kier molecular flexibility index (Phi) is 7.03. The molecule has 7 nitrogen and oxygen atoms in total. The molecule has 1 saturated heterocycles. The summed E-state index contributed by atoms with van der Waals surface area (Å²) in [7, 11) is 0. The Hall–Kier alpha value is -2.41. The van der Waals surface area contributed by atoms with Crippen LogP contribution in [0, 0.1) is 5.92 Å². The number of hydrogen-bond acceptors (Lipinski definition) is 4. The molecular formula is C21H30N4O3. The number of piperidine rings is 1. The van der Waals surface area contributed by atoms with Crippen molar-refractivity contribution in [2.45, 2.75) is 45.1 Å². The summed E-state index contributed by atoms with van der Waals surface area (Å²) in [6.45, 7) is 4.78. The normalized spacial score (nSPS) is 17.8. The minimum Gasteiger partial charge on any atom is -0.355 e. The molecule has 3 N–H and O–H groups in total. The molecule has 0 radical (unpaired) electrons. The Balaban J connectivity index is 1.40. The van der Waals surface area contributed by atoms with E-state index in [2.05, 4.69) is 20.9 Å². The van der Waals surface area contributed by atoms with Crippen LogP contribution in [0.4, 0.5) is 5.69 Å². The summed E-state index contributed by atoms with van der Waals surface area (Å²) in [5.41, 5.74) is 1.31. The predicted octanol–water partition coefficient (Wildman–Crippen LogP) is 1.76. The highest BCUT2D eigenvalue weighted by Crippen LogP contribution is 2.30. The lowest BCUT2D eigenvalue weighted by atomic mass is 10.0. The van der Waals surface area contributed by atoms with Gasteiger partial charge >= 0.3 is 0 Å². The van der Waals surface area contributed by atoms with Gasteiger partial charge < -0.3 is 16.0 Å². The van der Waals surface area contributed by atoms with Crippen LogP contribution >= 0.6 is 0 Å². The molecule has 0 atom stereocenters. The van der Waals surface area contributed by atoms with Crippen molar-refractivity contribution in [3.05, 3.63) is 29.8 Å². The van der Waals surface area contributed by atoms with Crippen LogP contribution in [0.25, 0.3) is 0 Å². The highest BCUT2D eigenvalue weighted by atomic mass is 16.2. The fourth-order valence-corrected chi connectivity index (χ4v) is 3.32. The number of amides is 3. The molecule has 1 aliphatic heterocycles. The first-order valence-corrected chi connectivity index (χ1v) is 10.3. The summed E-state index contributed by atoms with van der Waals surface area (Å²) >= 11 is 0. The molecule has 28 heavy (non-hydrogen) atoms. The lowest BCUT2D eigenvalue weighted by Crippen LogP contribution is -2.47. The fraction of sp³-hybridized carbons (Fsp3) is 0.571. The first-order valence-electron chi connectivity index (χ1n) is 10.3. The molecule has 7 heteroatoms. The van der Waals surface area contributed by atoms with E-state index < -0.39 is 0 Å². The molecule has 3 rings (SSSR count). The van der Waals surface area contributed by atoms with Gasteiger partial charge in [0, 0.05) is 42.8 Å². The number of nitrogens with one attached hydrogen (secondary N) is 3. The molecule has 152 valence electrons. The van der Waals surface area contributed by atoms with Crippen molar-refractivity contribution in [2.75, 3.05) is 31.5 Å². The van der Waals surface area contributed by atoms with E-state index in [1.54, 1.807) is 24.3 Å². The molecule has 1 heterocycles. The smallest absolute Gasteiger partial charge is 0.251 e. The van der Waals surface area contributed by atoms with Crippen LogP contribution in [-0.2, 0) is 9.59 Å². The highest BCUT2D eigenvalue weighted by Gasteiger charge is 2.29. The number of carbonyl (C=O) groups excluding carboxylic acids is 3. The third-order valence-corrected chi connectivity index (χ3v) is 5.22. The highest BCUT2D eigenvalue weighted by molar-refractivity contribution is 5.96. The van der Waals surface area contributed by atoms with E-state index in [-0.39, 0.29) is 29.7 Å². The summed E-state index contributed by atoms with van der Waals surface area (Å²) in [5, 5.41) is 8.85. The molecule has 1 saturated carbocycles. The minimum absolute atomic E-state index is 0.0623. The van der Waals surface area contributed by atoms with E-state index >= 15 is 0 Å². The quantitative estimate of drug-likeness (QED) is 0.635. The molecule has 0 unspecified atom stereocenters. The van der Waals surface area contributed by atoms with Crippen molar-refractivity contribution >= 4 is 23.4 Å². The van der Waals surface area contributed by atoms with Crippen molar-refractivity contribution in [3.63, 3.8) is 0 Å². The maximum Gasteiger partial charge on any atom is 0.251 e. The summed E-state index contributed by atoms with van der Waals surface area (Å²) < 4.78 is 0. The van der Waals surface area contributed by atoms with Crippen molar-refractivity contribution < 1.29 is 14.4 Å². The molecule has 1 aromatic carbocycles. The third kappa shape index (κ3) is 6.05. The second-order valence-corrected chi connectivity index (χ2v) is 7.71. The Labute approximate surface area is 166 Å². The van der Waals surface area contributed by atoms with Gasteiger partial charge in [0.1, 0.15) is 0 Å². The number of benzene rings is 1. The van der Waals surface area contributed by atoms with Gasteiger partial charge in [-0.25, -0.2) is 0 Å². The number of nitrogens with zero attached hydrogens (tertiary/aromatic N) is 1. The number of likely N-dealkylation sites (tertiary alicyclic amines) is 1. The summed E-state index contributed by atoms with van der Waals surface area (Å²) in [6, 6.07) is 7.15. The van der Waals surface area contributed by atoms with Crippen LogP contribution < -0.4 is 16.0 Å². The maximum atomic E-state index is 12.5. The van der Waals surface area contributed by atoms with Gasteiger partial charge in [-0.3, -0.25) is 19.3 Å². The SMILES string of the molecule is CCCNC(=O)CN1CCC(NC(=O)c2ccc(NC(=O)C3CC3)cc2)CC1. The van der Waals surface area contributed by atoms with Crippen molar-refractivity contribution in [3.8, 4) is 0 Å². The average Bonchev–Trinajstić information content (AvgIpc) is 3.54. The average molecular weight is 386 g/mol. The molecule has 1 aromatic rings. The Morgan fingerprint density at radius 3 is 2.32 bits per heavy atom. The van der Waals surface area contributed by atoms with E-state index in [1.165, 1.54) is 0 Å². The first kappa shape index (κ1) is 20.3. The molecule has 3 amide bonds. The number of anilines is 1. The minimum atomic E-state index is -0.0980. The van der Waals surface area contributed by atoms with Gasteiger partial charge in [0.15, 0.2) is 0 Å². The monoisotopic (exact) mass is 386 g/mol. The zero-order valence-corrected chi connectivity index (χ0v) is 16.5. The van der Waals surface area contributed by atoms with Gasteiger partial charge in [0.05, 0.1) is 6.54 Å². The maximum absolute atomic E-state index is 12.5. The lowest BCUT2D eigenvalue weighted by Gasteiger charge is -2.31. The zero-order chi connectivity index (χ0) is 19.9. The van der Waals surface area contributed by atoms with Crippen molar-refractivity contribution in [1.29, 1.82) is 0 Å². The molecule has 2 aliphatic rings. The van der Waals surface area contributed by atoms with Gasteiger partial charge in [-0.2, -0.15) is 0 Å². The molecule has 0 spiro atoms. The van der Waals surface area contributed by atoms with Crippen LogP contribution in [0.15, 0.2) is 24.3 Å². The standard InChI is InChI=1S/C21H30N4O3/c1-2-11-22-19(26)14-25-12-9-18(10-13-25)24-21(28)16-5-7-17(8-6-16)23-20(27)15-3-4-15/h5-8,15,18H,2-4,9-14H2,1H3,(H,22,26)(H,23,27)(H,24,28). The fourth-order valence-electron chi connectivity index (χ4n) is 3.32. The van der Waals surface area contributed by atoms with Gasteiger partial charge in [0.2, 0.25) is 11.8 Å². The Morgan fingerprint density at radius 2 is 1.71 bits per heavy atom. The first-order chi connectivity index (χ1) is 13.5. The van der Waals surface area contributed by atoms with Crippen LogP contribution in [0.5, 0.6) is 0 Å². The largest absolute Gasteiger partial charge is 0.355 e. The van der Waals surface area contributed by atoms with E-state index in [9.17, 15) is 14.4 Å². The molecule has 0 bridgehead atoms. The summed E-state index contributed by atoms with van der Waals surface area (Å²) in [4.78, 5) is 38.2. The second-order valence-electron chi connectivity index (χ2n) is 7.71. The second kappa shape index (κ2) is 9.68. The van der Waals surface area contributed by atoms with Gasteiger partial charge in [-0.15, -0.1) is 0 Å². The van der Waals surface area contributed by atoms with E-state index in [1.807, 2.05) is 6.92 Å². The van der Waals surface area contributed by atoms with Crippen LogP contribution in [-0.4, -0.2) is 54.8 Å². The Bertz CT molecular complexity index is 692. The Morgan fingerprint density at radius 1 is 1.04 bits per heavy atom. The zero-order valence-electron chi connectivity index (χ0n) is 16.5. The summed E-state index contributed by atoms with van der Waals surface area (Å²) in [6.07, 6.45) is 4.54. The predicted molar refractivity (Wildman–Crippen MR) is 108 cm³/mol. The van der Waals surface area contributed by atoms with Crippen LogP contribution in [0.3, 0.4) is 0 Å². The number of carbonyl (C=O) groups is 3. The lowest BCUT2D eigenvalue weighted by molar-refractivity contribution is -0.122. The summed E-state index contributed by atoms with van der Waals surface area (Å²) in [5.74, 6) is 0.191. The van der Waals surface area contributed by atoms with Gasteiger partial charge in [0.25, 0.3) is 5.91 Å². The molecular weight excluding hydrogens is 356 g/mol. The van der Waals surface area contributed by atoms with E-state index in [0.29, 0.717) is 18.7 Å². The van der Waals surface area contributed by atoms with Crippen LogP contribution in [0.1, 0.15) is 49.4 Å². The van der Waals surface area contributed by atoms with E-state index in [4.69, 9.17) is 0 Å². The number of hydrogen-bond donors (Lipinski definition) is 3. The molecule has 0 aromatic heterocycles. The third-order valence-electron chi connectivity index (χ3n) is 5.22.